The second-order valence-electron chi connectivity index (χ2n) is 8.83. The van der Waals surface area contributed by atoms with Gasteiger partial charge in [0.25, 0.3) is 11.7 Å². The van der Waals surface area contributed by atoms with Crippen LogP contribution in [0.15, 0.2) is 54.2 Å². The number of carbonyl (C=O) groups excluding carboxylic acids is 2. The van der Waals surface area contributed by atoms with Crippen LogP contribution in [0.25, 0.3) is 11.4 Å². The molecule has 0 bridgehead atoms. The number of nitrogens with zero attached hydrogens (tertiary/aromatic N) is 4. The summed E-state index contributed by atoms with van der Waals surface area (Å²) >= 11 is 6.11. The maximum atomic E-state index is 13.3. The first-order valence-electron chi connectivity index (χ1n) is 11.7. The number of ketones is 1. The SMILES string of the molecule is Cc1nc2ccccn2c1/C(O)=C1\C(=O)C(=O)N(CCCN2CCOCC2)[C@H]1c1ccc(Cl)cc1. The van der Waals surface area contributed by atoms with Crippen molar-refractivity contribution in [1.29, 1.82) is 0 Å². The average molecular weight is 495 g/mol. The van der Waals surface area contributed by atoms with Crippen molar-refractivity contribution in [1.82, 2.24) is 19.2 Å². The van der Waals surface area contributed by atoms with Gasteiger partial charge < -0.3 is 14.7 Å². The summed E-state index contributed by atoms with van der Waals surface area (Å²) in [5.74, 6) is -1.53. The molecule has 1 aromatic carbocycles. The molecule has 3 aromatic rings. The molecular formula is C26H27ClN4O4. The zero-order valence-corrected chi connectivity index (χ0v) is 20.2. The Morgan fingerprint density at radius 1 is 1.11 bits per heavy atom. The standard InChI is InChI=1S/C26H27ClN4O4/c1-17-22(30-11-3-2-5-20(30)28-17)24(32)21-23(18-6-8-19(27)9-7-18)31(26(34)25(21)33)12-4-10-29-13-15-35-16-14-29/h2-3,5-9,11,23,32H,4,10,12-16H2,1H3/b24-21+/t23-/m0/s1. The molecule has 1 N–H and O–H groups in total. The minimum absolute atomic E-state index is 0.0671. The van der Waals surface area contributed by atoms with Gasteiger partial charge in [-0.05, 0) is 43.2 Å². The van der Waals surface area contributed by atoms with Gasteiger partial charge in [0.05, 0.1) is 30.5 Å². The van der Waals surface area contributed by atoms with E-state index in [1.165, 1.54) is 0 Å². The molecule has 9 heteroatoms. The largest absolute Gasteiger partial charge is 0.505 e. The van der Waals surface area contributed by atoms with Crippen LogP contribution in [-0.2, 0) is 14.3 Å². The predicted octanol–water partition coefficient (Wildman–Crippen LogP) is 3.44. The number of aromatic nitrogens is 2. The topological polar surface area (TPSA) is 87.4 Å². The smallest absolute Gasteiger partial charge is 0.295 e. The number of likely N-dealkylation sites (tertiary alicyclic amines) is 1. The highest BCUT2D eigenvalue weighted by atomic mass is 35.5. The van der Waals surface area contributed by atoms with E-state index in [9.17, 15) is 14.7 Å². The van der Waals surface area contributed by atoms with Gasteiger partial charge in [0.1, 0.15) is 11.3 Å². The van der Waals surface area contributed by atoms with Gasteiger partial charge in [-0.15, -0.1) is 0 Å². The van der Waals surface area contributed by atoms with Crippen LogP contribution in [0.2, 0.25) is 5.02 Å². The lowest BCUT2D eigenvalue weighted by atomic mass is 9.96. The van der Waals surface area contributed by atoms with E-state index in [1.807, 2.05) is 18.2 Å². The lowest BCUT2D eigenvalue weighted by Crippen LogP contribution is -2.38. The molecule has 0 saturated carbocycles. The Balaban J connectivity index is 1.54. The Morgan fingerprint density at radius 3 is 2.60 bits per heavy atom. The number of aryl methyl sites for hydroxylation is 1. The second-order valence-corrected chi connectivity index (χ2v) is 9.26. The van der Waals surface area contributed by atoms with Crippen molar-refractivity contribution >= 4 is 34.7 Å². The van der Waals surface area contributed by atoms with E-state index in [1.54, 1.807) is 46.7 Å². The number of hydrogen-bond acceptors (Lipinski definition) is 6. The van der Waals surface area contributed by atoms with Crippen molar-refractivity contribution in [2.45, 2.75) is 19.4 Å². The molecule has 182 valence electrons. The number of Topliss-reactive ketones (excluding diaryl/α,β-unsaturated/α-hetero) is 1. The van der Waals surface area contributed by atoms with Gasteiger partial charge >= 0.3 is 0 Å². The zero-order valence-electron chi connectivity index (χ0n) is 19.5. The quantitative estimate of drug-likeness (QED) is 0.321. The first kappa shape index (κ1) is 23.5. The van der Waals surface area contributed by atoms with Gasteiger partial charge in [-0.2, -0.15) is 0 Å². The first-order chi connectivity index (χ1) is 17.0. The van der Waals surface area contributed by atoms with Crippen LogP contribution in [0.3, 0.4) is 0 Å². The molecule has 0 aliphatic carbocycles. The molecule has 0 spiro atoms. The molecule has 2 saturated heterocycles. The predicted molar refractivity (Wildman–Crippen MR) is 132 cm³/mol. The third-order valence-electron chi connectivity index (χ3n) is 6.63. The number of morpholine rings is 1. The van der Waals surface area contributed by atoms with Gasteiger partial charge in [0, 0.05) is 37.4 Å². The fourth-order valence-electron chi connectivity index (χ4n) is 4.92. The number of amides is 1. The molecule has 1 amide bonds. The van der Waals surface area contributed by atoms with Gasteiger partial charge in [-0.3, -0.25) is 18.9 Å². The Kier molecular flexibility index (Phi) is 6.60. The number of carbonyl (C=O) groups is 2. The number of aliphatic hydroxyl groups excluding tert-OH is 1. The van der Waals surface area contributed by atoms with Crippen LogP contribution < -0.4 is 0 Å². The van der Waals surface area contributed by atoms with Gasteiger partial charge in [0.2, 0.25) is 0 Å². The Labute approximate surface area is 208 Å². The third-order valence-corrected chi connectivity index (χ3v) is 6.88. The lowest BCUT2D eigenvalue weighted by Gasteiger charge is -2.29. The molecule has 4 heterocycles. The number of imidazole rings is 1. The fraction of sp³-hybridized carbons (Fsp3) is 0.346. The van der Waals surface area contributed by atoms with Crippen LogP contribution in [0.1, 0.15) is 29.4 Å². The summed E-state index contributed by atoms with van der Waals surface area (Å²) in [5, 5.41) is 12.0. The van der Waals surface area contributed by atoms with Gasteiger partial charge in [-0.1, -0.05) is 29.8 Å². The zero-order chi connectivity index (χ0) is 24.5. The third kappa shape index (κ3) is 4.45. The van der Waals surface area contributed by atoms with Crippen molar-refractivity contribution in [3.63, 3.8) is 0 Å². The van der Waals surface area contributed by atoms with Crippen molar-refractivity contribution in [3.8, 4) is 0 Å². The van der Waals surface area contributed by atoms with Crippen molar-refractivity contribution in [3.05, 3.63) is 76.2 Å². The highest BCUT2D eigenvalue weighted by molar-refractivity contribution is 6.46. The number of rotatable bonds is 6. The molecule has 1 atom stereocenters. The highest BCUT2D eigenvalue weighted by Crippen LogP contribution is 2.40. The molecule has 2 fully saturated rings. The van der Waals surface area contributed by atoms with E-state index in [-0.39, 0.29) is 11.3 Å². The van der Waals surface area contributed by atoms with Crippen molar-refractivity contribution in [2.24, 2.45) is 0 Å². The number of halogens is 1. The van der Waals surface area contributed by atoms with Gasteiger partial charge in [0.15, 0.2) is 5.76 Å². The summed E-state index contributed by atoms with van der Waals surface area (Å²) < 4.78 is 7.14. The number of ether oxygens (including phenoxy) is 1. The number of aliphatic hydroxyl groups is 1. The summed E-state index contributed by atoms with van der Waals surface area (Å²) in [6, 6.07) is 11.8. The number of fused-ring (bicyclic) bond motifs is 1. The second kappa shape index (κ2) is 9.81. The molecule has 8 nitrogen and oxygen atoms in total. The van der Waals surface area contributed by atoms with Gasteiger partial charge in [-0.25, -0.2) is 4.98 Å². The normalized spacial score (nSPS) is 20.7. The molecule has 35 heavy (non-hydrogen) atoms. The molecule has 2 aliphatic heterocycles. The molecule has 0 radical (unpaired) electrons. The molecule has 2 aliphatic rings. The van der Waals surface area contributed by atoms with Crippen molar-refractivity contribution in [2.75, 3.05) is 39.4 Å². The van der Waals surface area contributed by atoms with E-state index in [2.05, 4.69) is 9.88 Å². The minimum atomic E-state index is -0.717. The minimum Gasteiger partial charge on any atom is -0.505 e. The van der Waals surface area contributed by atoms with E-state index < -0.39 is 17.7 Å². The fourth-order valence-corrected chi connectivity index (χ4v) is 5.04. The average Bonchev–Trinajstić information content (AvgIpc) is 3.33. The lowest BCUT2D eigenvalue weighted by molar-refractivity contribution is -0.140. The van der Waals surface area contributed by atoms with Crippen LogP contribution in [0.4, 0.5) is 0 Å². The van der Waals surface area contributed by atoms with Crippen LogP contribution in [0, 0.1) is 6.92 Å². The summed E-state index contributed by atoms with van der Waals surface area (Å²) in [6.45, 7) is 6.07. The van der Waals surface area contributed by atoms with Crippen LogP contribution >= 0.6 is 11.6 Å². The van der Waals surface area contributed by atoms with E-state index in [4.69, 9.17) is 16.3 Å². The Bertz CT molecular complexity index is 1290. The van der Waals surface area contributed by atoms with E-state index in [0.29, 0.717) is 53.8 Å². The Morgan fingerprint density at radius 2 is 1.86 bits per heavy atom. The maximum Gasteiger partial charge on any atom is 0.295 e. The van der Waals surface area contributed by atoms with E-state index >= 15 is 0 Å². The highest BCUT2D eigenvalue weighted by Gasteiger charge is 2.46. The number of pyridine rings is 1. The Hall–Kier alpha value is -3.20. The summed E-state index contributed by atoms with van der Waals surface area (Å²) in [5.41, 5.74) is 2.41. The first-order valence-corrected chi connectivity index (χ1v) is 12.1. The summed E-state index contributed by atoms with van der Waals surface area (Å²) in [6.07, 6.45) is 2.48. The number of benzene rings is 1. The summed E-state index contributed by atoms with van der Waals surface area (Å²) in [4.78, 5) is 34.9. The maximum absolute atomic E-state index is 13.3. The molecule has 0 unspecified atom stereocenters. The van der Waals surface area contributed by atoms with E-state index in [0.717, 1.165) is 19.6 Å². The molecule has 5 rings (SSSR count). The molecule has 2 aromatic heterocycles. The number of hydrogen-bond donors (Lipinski definition) is 1. The molecular weight excluding hydrogens is 468 g/mol. The van der Waals surface area contributed by atoms with Crippen LogP contribution in [-0.4, -0.2) is 75.4 Å². The monoisotopic (exact) mass is 494 g/mol. The summed E-state index contributed by atoms with van der Waals surface area (Å²) in [7, 11) is 0. The van der Waals surface area contributed by atoms with Crippen LogP contribution in [0.5, 0.6) is 0 Å². The van der Waals surface area contributed by atoms with Crippen molar-refractivity contribution < 1.29 is 19.4 Å².